The van der Waals surface area contributed by atoms with Gasteiger partial charge in [-0.3, -0.25) is 9.89 Å². The van der Waals surface area contributed by atoms with Crippen LogP contribution in [0.1, 0.15) is 41.4 Å². The molecule has 2 aromatic carbocycles. The first-order chi connectivity index (χ1) is 12.1. The molecule has 1 aromatic heterocycles. The second-order valence-corrected chi connectivity index (χ2v) is 5.96. The van der Waals surface area contributed by atoms with Gasteiger partial charge in [0.25, 0.3) is 5.91 Å². The molecule has 0 saturated heterocycles. The van der Waals surface area contributed by atoms with Crippen LogP contribution in [0.2, 0.25) is 0 Å². The molecule has 0 aliphatic rings. The van der Waals surface area contributed by atoms with Crippen LogP contribution in [0, 0.1) is 5.82 Å². The Bertz CT molecular complexity index is 857. The quantitative estimate of drug-likeness (QED) is 0.730. The zero-order valence-corrected chi connectivity index (χ0v) is 14.2. The van der Waals surface area contributed by atoms with Gasteiger partial charge in [-0.15, -0.1) is 0 Å². The Morgan fingerprint density at radius 3 is 2.64 bits per heavy atom. The number of nitrogens with one attached hydrogen (secondary N) is 2. The van der Waals surface area contributed by atoms with E-state index in [-0.39, 0.29) is 17.8 Å². The van der Waals surface area contributed by atoms with E-state index in [1.807, 2.05) is 31.3 Å². The van der Waals surface area contributed by atoms with E-state index >= 15 is 0 Å². The Morgan fingerprint density at radius 2 is 2.00 bits per heavy atom. The van der Waals surface area contributed by atoms with Crippen LogP contribution >= 0.6 is 0 Å². The van der Waals surface area contributed by atoms with Crippen molar-refractivity contribution in [2.24, 2.45) is 0 Å². The first-order valence-corrected chi connectivity index (χ1v) is 8.27. The molecule has 3 aromatic rings. The highest BCUT2D eigenvalue weighted by atomic mass is 19.1. The molecule has 4 nitrogen and oxygen atoms in total. The van der Waals surface area contributed by atoms with E-state index < -0.39 is 0 Å². The minimum absolute atomic E-state index is 0.148. The topological polar surface area (TPSA) is 57.8 Å². The van der Waals surface area contributed by atoms with Crippen LogP contribution in [0.5, 0.6) is 0 Å². The van der Waals surface area contributed by atoms with E-state index in [4.69, 9.17) is 0 Å². The highest BCUT2D eigenvalue weighted by Gasteiger charge is 2.14. The maximum absolute atomic E-state index is 13.0. The number of aromatic nitrogens is 2. The number of carbonyl (C=O) groups is 1. The van der Waals surface area contributed by atoms with Crippen LogP contribution in [0.25, 0.3) is 11.1 Å². The standard InChI is InChI=1S/C20H20FN3O/c1-3-14-10-16(6-9-19(14)17-11-22-23-12-17)20(25)24-13(2)15-4-7-18(21)8-5-15/h4-13H,3H2,1-2H3,(H,22,23)(H,24,25). The van der Waals surface area contributed by atoms with Crippen molar-refractivity contribution < 1.29 is 9.18 Å². The largest absolute Gasteiger partial charge is 0.346 e. The average molecular weight is 337 g/mol. The number of hydrogen-bond donors (Lipinski definition) is 2. The predicted octanol–water partition coefficient (Wildman–Crippen LogP) is 4.27. The number of H-pyrrole nitrogens is 1. The Hall–Kier alpha value is -2.95. The molecule has 1 unspecified atom stereocenters. The average Bonchev–Trinajstić information content (AvgIpc) is 3.16. The minimum Gasteiger partial charge on any atom is -0.346 e. The first kappa shape index (κ1) is 16.9. The van der Waals surface area contributed by atoms with Gasteiger partial charge < -0.3 is 5.32 Å². The lowest BCUT2D eigenvalue weighted by molar-refractivity contribution is 0.0940. The maximum atomic E-state index is 13.0. The van der Waals surface area contributed by atoms with Crippen molar-refractivity contribution in [1.29, 1.82) is 0 Å². The SMILES string of the molecule is CCc1cc(C(=O)NC(C)c2ccc(F)cc2)ccc1-c1cn[nH]c1. The molecule has 5 heteroatoms. The third-order valence-electron chi connectivity index (χ3n) is 4.28. The summed E-state index contributed by atoms with van der Waals surface area (Å²) in [5, 5.41) is 9.75. The van der Waals surface area contributed by atoms with Gasteiger partial charge in [0, 0.05) is 17.3 Å². The first-order valence-electron chi connectivity index (χ1n) is 8.27. The van der Waals surface area contributed by atoms with Crippen molar-refractivity contribution in [3.63, 3.8) is 0 Å². The monoisotopic (exact) mass is 337 g/mol. The number of amides is 1. The Balaban J connectivity index is 1.79. The molecule has 1 heterocycles. The maximum Gasteiger partial charge on any atom is 0.251 e. The minimum atomic E-state index is -0.287. The lowest BCUT2D eigenvalue weighted by atomic mass is 9.97. The van der Waals surface area contributed by atoms with Crippen molar-refractivity contribution in [3.8, 4) is 11.1 Å². The zero-order chi connectivity index (χ0) is 17.8. The Labute approximate surface area is 146 Å². The third-order valence-corrected chi connectivity index (χ3v) is 4.28. The summed E-state index contributed by atoms with van der Waals surface area (Å²) in [5.41, 5.74) is 4.63. The van der Waals surface area contributed by atoms with Gasteiger partial charge in [-0.05, 0) is 54.3 Å². The third kappa shape index (κ3) is 3.76. The molecular formula is C20H20FN3O. The van der Waals surface area contributed by atoms with Crippen molar-refractivity contribution in [2.45, 2.75) is 26.3 Å². The predicted molar refractivity (Wildman–Crippen MR) is 95.7 cm³/mol. The van der Waals surface area contributed by atoms with Gasteiger partial charge in [0.1, 0.15) is 5.82 Å². The molecule has 0 fully saturated rings. The van der Waals surface area contributed by atoms with Crippen LogP contribution in [-0.2, 0) is 6.42 Å². The fraction of sp³-hybridized carbons (Fsp3) is 0.200. The van der Waals surface area contributed by atoms with Gasteiger partial charge in [-0.1, -0.05) is 25.1 Å². The molecule has 0 radical (unpaired) electrons. The van der Waals surface area contributed by atoms with Gasteiger partial charge in [-0.25, -0.2) is 4.39 Å². The van der Waals surface area contributed by atoms with Crippen LogP contribution in [0.4, 0.5) is 4.39 Å². The lowest BCUT2D eigenvalue weighted by Crippen LogP contribution is -2.26. The number of hydrogen-bond acceptors (Lipinski definition) is 2. The van der Waals surface area contributed by atoms with E-state index in [1.165, 1.54) is 12.1 Å². The van der Waals surface area contributed by atoms with Crippen molar-refractivity contribution in [2.75, 3.05) is 0 Å². The fourth-order valence-electron chi connectivity index (χ4n) is 2.82. The summed E-state index contributed by atoms with van der Waals surface area (Å²) in [6.45, 7) is 3.94. The zero-order valence-electron chi connectivity index (χ0n) is 14.2. The van der Waals surface area contributed by atoms with Crippen LogP contribution < -0.4 is 5.32 Å². The van der Waals surface area contributed by atoms with E-state index in [0.717, 1.165) is 28.7 Å². The normalized spacial score (nSPS) is 12.0. The van der Waals surface area contributed by atoms with Crippen LogP contribution in [-0.4, -0.2) is 16.1 Å². The molecule has 25 heavy (non-hydrogen) atoms. The van der Waals surface area contributed by atoms with E-state index in [2.05, 4.69) is 22.4 Å². The van der Waals surface area contributed by atoms with Gasteiger partial charge in [0.05, 0.1) is 12.2 Å². The van der Waals surface area contributed by atoms with Gasteiger partial charge >= 0.3 is 0 Å². The molecule has 2 N–H and O–H groups in total. The van der Waals surface area contributed by atoms with Crippen LogP contribution in [0.15, 0.2) is 54.9 Å². The number of carbonyl (C=O) groups excluding carboxylic acids is 1. The molecule has 128 valence electrons. The highest BCUT2D eigenvalue weighted by Crippen LogP contribution is 2.25. The molecule has 0 bridgehead atoms. The number of aromatic amines is 1. The van der Waals surface area contributed by atoms with Crippen molar-refractivity contribution >= 4 is 5.91 Å². The molecular weight excluding hydrogens is 317 g/mol. The number of nitrogens with zero attached hydrogens (tertiary/aromatic N) is 1. The summed E-state index contributed by atoms with van der Waals surface area (Å²) in [4.78, 5) is 12.6. The second kappa shape index (κ2) is 7.30. The molecule has 0 spiro atoms. The lowest BCUT2D eigenvalue weighted by Gasteiger charge is -2.15. The second-order valence-electron chi connectivity index (χ2n) is 5.96. The summed E-state index contributed by atoms with van der Waals surface area (Å²) < 4.78 is 13.0. The molecule has 0 aliphatic carbocycles. The molecule has 1 amide bonds. The van der Waals surface area contributed by atoms with E-state index in [0.29, 0.717) is 5.56 Å². The van der Waals surface area contributed by atoms with Crippen molar-refractivity contribution in [3.05, 3.63) is 77.4 Å². The molecule has 1 atom stereocenters. The molecule has 0 saturated carbocycles. The van der Waals surface area contributed by atoms with Gasteiger partial charge in [0.15, 0.2) is 0 Å². The van der Waals surface area contributed by atoms with E-state index in [9.17, 15) is 9.18 Å². The summed E-state index contributed by atoms with van der Waals surface area (Å²) in [6, 6.07) is 11.6. The van der Waals surface area contributed by atoms with Gasteiger partial charge in [0.2, 0.25) is 0 Å². The Kier molecular flexibility index (Phi) is 4.93. The smallest absolute Gasteiger partial charge is 0.251 e. The fourth-order valence-corrected chi connectivity index (χ4v) is 2.82. The Morgan fingerprint density at radius 1 is 1.24 bits per heavy atom. The van der Waals surface area contributed by atoms with E-state index in [1.54, 1.807) is 18.3 Å². The number of aryl methyl sites for hydroxylation is 1. The number of benzene rings is 2. The van der Waals surface area contributed by atoms with Gasteiger partial charge in [-0.2, -0.15) is 5.10 Å². The highest BCUT2D eigenvalue weighted by molar-refractivity contribution is 5.95. The summed E-state index contributed by atoms with van der Waals surface area (Å²) in [5.74, 6) is -0.435. The van der Waals surface area contributed by atoms with Crippen LogP contribution in [0.3, 0.4) is 0 Å². The summed E-state index contributed by atoms with van der Waals surface area (Å²) >= 11 is 0. The number of rotatable bonds is 5. The summed E-state index contributed by atoms with van der Waals surface area (Å²) in [7, 11) is 0. The number of halogens is 1. The molecule has 0 aliphatic heterocycles. The van der Waals surface area contributed by atoms with Crippen molar-refractivity contribution in [1.82, 2.24) is 15.5 Å². The molecule has 3 rings (SSSR count). The summed E-state index contributed by atoms with van der Waals surface area (Å²) in [6.07, 6.45) is 4.42.